The highest BCUT2D eigenvalue weighted by Gasteiger charge is 2.04. The van der Waals surface area contributed by atoms with E-state index in [9.17, 15) is 0 Å². The van der Waals surface area contributed by atoms with Crippen LogP contribution in [0.2, 0.25) is 0 Å². The fraction of sp³-hybridized carbons (Fsp3) is 0.200. The second-order valence-corrected chi connectivity index (χ2v) is 4.26. The maximum Gasteiger partial charge on any atom is 0.0382 e. The third kappa shape index (κ3) is 2.59. The Bertz CT molecular complexity index is 501. The fourth-order valence-electron chi connectivity index (χ4n) is 1.98. The number of benzene rings is 2. The molecule has 0 unspecified atom stereocenters. The van der Waals surface area contributed by atoms with E-state index in [0.29, 0.717) is 0 Å². The topological polar surface area (TPSA) is 52.0 Å². The van der Waals surface area contributed by atoms with E-state index in [-0.39, 0.29) is 0 Å². The highest BCUT2D eigenvalue weighted by Crippen LogP contribution is 2.21. The van der Waals surface area contributed by atoms with Crippen LogP contribution in [-0.2, 0) is 12.8 Å². The minimum Gasteiger partial charge on any atom is -0.399 e. The van der Waals surface area contributed by atoms with Crippen molar-refractivity contribution >= 4 is 11.4 Å². The largest absolute Gasteiger partial charge is 0.399 e. The highest BCUT2D eigenvalue weighted by atomic mass is 14.6. The van der Waals surface area contributed by atoms with Crippen molar-refractivity contribution in [3.63, 3.8) is 0 Å². The van der Waals surface area contributed by atoms with Gasteiger partial charge in [0.1, 0.15) is 0 Å². The van der Waals surface area contributed by atoms with E-state index in [2.05, 4.69) is 25.1 Å². The summed E-state index contributed by atoms with van der Waals surface area (Å²) in [7, 11) is 0. The van der Waals surface area contributed by atoms with Crippen molar-refractivity contribution in [2.75, 3.05) is 11.5 Å². The summed E-state index contributed by atoms with van der Waals surface area (Å²) in [6.45, 7) is 2.12. The van der Waals surface area contributed by atoms with Gasteiger partial charge in [-0.25, -0.2) is 0 Å². The maximum atomic E-state index is 6.15. The van der Waals surface area contributed by atoms with Crippen LogP contribution in [0.3, 0.4) is 0 Å². The lowest BCUT2D eigenvalue weighted by Crippen LogP contribution is -2.00. The van der Waals surface area contributed by atoms with Gasteiger partial charge >= 0.3 is 0 Å². The fourth-order valence-corrected chi connectivity index (χ4v) is 1.98. The van der Waals surface area contributed by atoms with Crippen molar-refractivity contribution in [3.05, 3.63) is 59.2 Å². The van der Waals surface area contributed by atoms with Crippen LogP contribution < -0.4 is 11.5 Å². The van der Waals surface area contributed by atoms with E-state index in [0.717, 1.165) is 24.2 Å². The molecule has 2 rings (SSSR count). The van der Waals surface area contributed by atoms with E-state index >= 15 is 0 Å². The van der Waals surface area contributed by atoms with Gasteiger partial charge in [0.25, 0.3) is 0 Å². The second kappa shape index (κ2) is 4.91. The molecule has 0 saturated carbocycles. The van der Waals surface area contributed by atoms with Gasteiger partial charge in [-0.15, -0.1) is 0 Å². The van der Waals surface area contributed by atoms with Gasteiger partial charge in [-0.1, -0.05) is 37.3 Å². The molecule has 17 heavy (non-hydrogen) atoms. The standard InChI is InChI=1S/C15H18N2/c1-2-12-4-3-5-13(15(12)17)10-11-6-8-14(16)9-7-11/h3-9H,2,10,16-17H2,1H3. The van der Waals surface area contributed by atoms with Crippen LogP contribution in [0.25, 0.3) is 0 Å². The molecule has 2 nitrogen and oxygen atoms in total. The predicted molar refractivity (Wildman–Crippen MR) is 73.9 cm³/mol. The second-order valence-electron chi connectivity index (χ2n) is 4.26. The van der Waals surface area contributed by atoms with Crippen LogP contribution in [0.4, 0.5) is 11.4 Å². The number of hydrogen-bond donors (Lipinski definition) is 2. The number of rotatable bonds is 3. The Morgan fingerprint density at radius 2 is 1.53 bits per heavy atom. The van der Waals surface area contributed by atoms with Gasteiger partial charge < -0.3 is 11.5 Å². The summed E-state index contributed by atoms with van der Waals surface area (Å²) in [5, 5.41) is 0. The summed E-state index contributed by atoms with van der Waals surface area (Å²) in [5.74, 6) is 0. The minimum absolute atomic E-state index is 0.795. The van der Waals surface area contributed by atoms with Gasteiger partial charge in [-0.3, -0.25) is 0 Å². The molecule has 0 atom stereocenters. The monoisotopic (exact) mass is 226 g/mol. The van der Waals surface area contributed by atoms with Crippen LogP contribution in [-0.4, -0.2) is 0 Å². The lowest BCUT2D eigenvalue weighted by atomic mass is 9.99. The first kappa shape index (κ1) is 11.5. The summed E-state index contributed by atoms with van der Waals surface area (Å²) < 4.78 is 0. The van der Waals surface area contributed by atoms with Gasteiger partial charge in [0.05, 0.1) is 0 Å². The zero-order chi connectivity index (χ0) is 12.3. The molecule has 0 bridgehead atoms. The first-order chi connectivity index (χ1) is 8.20. The normalized spacial score (nSPS) is 10.4. The van der Waals surface area contributed by atoms with Gasteiger partial charge in [-0.2, -0.15) is 0 Å². The molecule has 2 aromatic rings. The van der Waals surface area contributed by atoms with Gasteiger partial charge in [0.15, 0.2) is 0 Å². The SMILES string of the molecule is CCc1cccc(Cc2ccc(N)cc2)c1N. The average molecular weight is 226 g/mol. The van der Waals surface area contributed by atoms with Crippen molar-refractivity contribution in [2.24, 2.45) is 0 Å². The first-order valence-corrected chi connectivity index (χ1v) is 5.91. The molecule has 0 aliphatic rings. The van der Waals surface area contributed by atoms with E-state index in [4.69, 9.17) is 11.5 Å². The molecule has 4 N–H and O–H groups in total. The summed E-state index contributed by atoms with van der Waals surface area (Å²) in [6, 6.07) is 14.2. The molecular formula is C15H18N2. The first-order valence-electron chi connectivity index (χ1n) is 5.91. The Labute approximate surface area is 102 Å². The van der Waals surface area contributed by atoms with Crippen LogP contribution in [0.15, 0.2) is 42.5 Å². The van der Waals surface area contributed by atoms with Gasteiger partial charge in [0, 0.05) is 11.4 Å². The summed E-state index contributed by atoms with van der Waals surface area (Å²) in [6.07, 6.45) is 1.83. The van der Waals surface area contributed by atoms with Crippen molar-refractivity contribution in [1.29, 1.82) is 0 Å². The molecular weight excluding hydrogens is 208 g/mol. The molecule has 0 saturated heterocycles. The molecule has 0 heterocycles. The van der Waals surface area contributed by atoms with E-state index in [1.807, 2.05) is 24.3 Å². The van der Waals surface area contributed by atoms with Crippen molar-refractivity contribution in [3.8, 4) is 0 Å². The average Bonchev–Trinajstić information content (AvgIpc) is 2.35. The molecule has 0 aromatic heterocycles. The number of aryl methyl sites for hydroxylation is 1. The summed E-state index contributed by atoms with van der Waals surface area (Å²) >= 11 is 0. The number of para-hydroxylation sites is 1. The van der Waals surface area contributed by atoms with E-state index in [1.54, 1.807) is 0 Å². The lowest BCUT2D eigenvalue weighted by Gasteiger charge is -2.10. The molecule has 2 aromatic carbocycles. The Balaban J connectivity index is 2.27. The molecule has 0 aliphatic carbocycles. The van der Waals surface area contributed by atoms with Crippen LogP contribution >= 0.6 is 0 Å². The maximum absolute atomic E-state index is 6.15. The molecule has 0 fully saturated rings. The van der Waals surface area contributed by atoms with Crippen molar-refractivity contribution < 1.29 is 0 Å². The van der Waals surface area contributed by atoms with Crippen molar-refractivity contribution in [1.82, 2.24) is 0 Å². The molecule has 0 spiro atoms. The van der Waals surface area contributed by atoms with Gasteiger partial charge in [-0.05, 0) is 41.7 Å². The zero-order valence-corrected chi connectivity index (χ0v) is 10.1. The number of nitrogens with two attached hydrogens (primary N) is 2. The quantitative estimate of drug-likeness (QED) is 0.790. The number of anilines is 2. The third-order valence-electron chi connectivity index (χ3n) is 3.04. The smallest absolute Gasteiger partial charge is 0.0382 e. The lowest BCUT2D eigenvalue weighted by molar-refractivity contribution is 1.11. The predicted octanol–water partition coefficient (Wildman–Crippen LogP) is 3.00. The summed E-state index contributed by atoms with van der Waals surface area (Å²) in [5.41, 5.74) is 17.2. The van der Waals surface area contributed by atoms with Crippen LogP contribution in [0.5, 0.6) is 0 Å². The Kier molecular flexibility index (Phi) is 3.33. The van der Waals surface area contributed by atoms with Crippen LogP contribution in [0.1, 0.15) is 23.6 Å². The Morgan fingerprint density at radius 1 is 0.882 bits per heavy atom. The minimum atomic E-state index is 0.795. The third-order valence-corrected chi connectivity index (χ3v) is 3.04. The summed E-state index contributed by atoms with van der Waals surface area (Å²) in [4.78, 5) is 0. The van der Waals surface area contributed by atoms with Gasteiger partial charge in [0.2, 0.25) is 0 Å². The molecule has 0 amide bonds. The molecule has 0 aliphatic heterocycles. The zero-order valence-electron chi connectivity index (χ0n) is 10.1. The number of nitrogen functional groups attached to an aromatic ring is 2. The van der Waals surface area contributed by atoms with Crippen molar-refractivity contribution in [2.45, 2.75) is 19.8 Å². The molecule has 0 radical (unpaired) electrons. The molecule has 2 heteroatoms. The Hall–Kier alpha value is -1.96. The highest BCUT2D eigenvalue weighted by molar-refractivity contribution is 5.55. The number of hydrogen-bond acceptors (Lipinski definition) is 2. The Morgan fingerprint density at radius 3 is 2.18 bits per heavy atom. The van der Waals surface area contributed by atoms with Crippen LogP contribution in [0, 0.1) is 0 Å². The molecule has 88 valence electrons. The van der Waals surface area contributed by atoms with E-state index < -0.39 is 0 Å². The van der Waals surface area contributed by atoms with E-state index in [1.165, 1.54) is 16.7 Å².